The first kappa shape index (κ1) is 31.7. The molecule has 0 saturated carbocycles. The second-order valence-electron chi connectivity index (χ2n) is 10.6. The van der Waals surface area contributed by atoms with E-state index in [-0.39, 0.29) is 29.2 Å². The summed E-state index contributed by atoms with van der Waals surface area (Å²) in [5, 5.41) is 21.2. The number of aliphatic hydroxyl groups excluding tert-OH is 1. The first-order valence-electron chi connectivity index (χ1n) is 14.6. The van der Waals surface area contributed by atoms with E-state index >= 15 is 0 Å². The van der Waals surface area contributed by atoms with E-state index in [9.17, 15) is 14.7 Å². The molecule has 0 radical (unpaired) electrons. The minimum absolute atomic E-state index is 0.000768. The van der Waals surface area contributed by atoms with Crippen LogP contribution in [0, 0.1) is 0 Å². The summed E-state index contributed by atoms with van der Waals surface area (Å²) in [7, 11) is 0. The van der Waals surface area contributed by atoms with Gasteiger partial charge in [-0.2, -0.15) is 0 Å². The zero-order valence-corrected chi connectivity index (χ0v) is 27.5. The molecule has 236 valence electrons. The van der Waals surface area contributed by atoms with Gasteiger partial charge < -0.3 is 19.3 Å². The number of aliphatic hydroxyl groups is 1. The molecule has 1 saturated heterocycles. The van der Waals surface area contributed by atoms with Gasteiger partial charge in [0.05, 0.1) is 18.2 Å². The van der Waals surface area contributed by atoms with Crippen molar-refractivity contribution in [1.29, 1.82) is 0 Å². The molecule has 3 aromatic carbocycles. The highest BCUT2D eigenvalue weighted by Crippen LogP contribution is 2.46. The summed E-state index contributed by atoms with van der Waals surface area (Å²) >= 11 is 8.93. The van der Waals surface area contributed by atoms with Crippen molar-refractivity contribution in [1.82, 2.24) is 10.2 Å². The summed E-state index contributed by atoms with van der Waals surface area (Å²) in [6, 6.07) is 16.9. The molecule has 4 aromatic rings. The largest absolute Gasteiger partial charge is 0.507 e. The van der Waals surface area contributed by atoms with Crippen LogP contribution < -0.4 is 19.1 Å². The van der Waals surface area contributed by atoms with Gasteiger partial charge in [0.25, 0.3) is 5.78 Å². The molecule has 0 unspecified atom stereocenters. The number of thioether (sulfide) groups is 1. The zero-order valence-electron chi connectivity index (χ0n) is 25.1. The van der Waals surface area contributed by atoms with Gasteiger partial charge in [0, 0.05) is 22.8 Å². The molecule has 2 atom stereocenters. The van der Waals surface area contributed by atoms with Crippen LogP contribution in [0.5, 0.6) is 17.2 Å². The number of benzene rings is 3. The van der Waals surface area contributed by atoms with Crippen molar-refractivity contribution in [2.45, 2.75) is 42.5 Å². The van der Waals surface area contributed by atoms with Crippen LogP contribution in [0.4, 0.5) is 5.13 Å². The molecule has 9 nitrogen and oxygen atoms in total. The molecule has 3 heterocycles. The first-order valence-corrected chi connectivity index (χ1v) is 16.8. The summed E-state index contributed by atoms with van der Waals surface area (Å²) < 4.78 is 18.1. The van der Waals surface area contributed by atoms with Crippen LogP contribution in [0.15, 0.2) is 83.2 Å². The van der Waals surface area contributed by atoms with Gasteiger partial charge in [-0.3, -0.25) is 14.5 Å². The van der Waals surface area contributed by atoms with E-state index in [1.54, 1.807) is 42.5 Å². The number of aromatic nitrogens is 2. The Balaban J connectivity index is 1.43. The Kier molecular flexibility index (Phi) is 9.34. The van der Waals surface area contributed by atoms with Gasteiger partial charge in [-0.1, -0.05) is 71.6 Å². The molecule has 6 rings (SSSR count). The first-order chi connectivity index (χ1) is 22.3. The number of amides is 1. The molecule has 46 heavy (non-hydrogen) atoms. The van der Waals surface area contributed by atoms with Crippen molar-refractivity contribution in [3.8, 4) is 17.2 Å². The van der Waals surface area contributed by atoms with Gasteiger partial charge in [0.2, 0.25) is 5.13 Å². The van der Waals surface area contributed by atoms with E-state index in [1.807, 2.05) is 38.1 Å². The Hall–Kier alpha value is -4.32. The summed E-state index contributed by atoms with van der Waals surface area (Å²) in [6.45, 7) is 8.13. The van der Waals surface area contributed by atoms with Crippen LogP contribution in [0.3, 0.4) is 0 Å². The second-order valence-corrected chi connectivity index (χ2v) is 13.2. The predicted octanol–water partition coefficient (Wildman–Crippen LogP) is 7.40. The number of carbonyl (C=O) groups excluding carboxylic acids is 2. The number of fused-ring (bicyclic) bond motifs is 1. The molecule has 0 bridgehead atoms. The van der Waals surface area contributed by atoms with E-state index in [0.29, 0.717) is 50.8 Å². The number of ether oxygens (including phenoxy) is 3. The Morgan fingerprint density at radius 2 is 1.98 bits per heavy atom. The summed E-state index contributed by atoms with van der Waals surface area (Å²) in [6.07, 6.45) is 2.29. The highest BCUT2D eigenvalue weighted by Gasteiger charge is 2.48. The fourth-order valence-electron chi connectivity index (χ4n) is 5.41. The number of hydrogen-bond acceptors (Lipinski definition) is 10. The fourth-order valence-corrected chi connectivity index (χ4v) is 7.57. The quantitative estimate of drug-likeness (QED) is 0.0434. The maximum absolute atomic E-state index is 13.8. The van der Waals surface area contributed by atoms with E-state index in [2.05, 4.69) is 16.8 Å². The number of carbonyl (C=O) groups is 2. The van der Waals surface area contributed by atoms with Crippen LogP contribution >= 0.6 is 34.7 Å². The van der Waals surface area contributed by atoms with E-state index in [4.69, 9.17) is 25.8 Å². The van der Waals surface area contributed by atoms with Gasteiger partial charge in [0.1, 0.15) is 24.2 Å². The van der Waals surface area contributed by atoms with E-state index in [0.717, 1.165) is 16.9 Å². The maximum Gasteiger partial charge on any atom is 0.301 e. The molecular weight excluding hydrogens is 646 g/mol. The summed E-state index contributed by atoms with van der Waals surface area (Å²) in [5.74, 6) is 0.213. The van der Waals surface area contributed by atoms with Crippen molar-refractivity contribution < 1.29 is 28.9 Å². The zero-order chi connectivity index (χ0) is 32.4. The molecule has 1 aromatic heterocycles. The van der Waals surface area contributed by atoms with Crippen molar-refractivity contribution in [3.63, 3.8) is 0 Å². The lowest BCUT2D eigenvalue weighted by Gasteiger charge is -2.23. The lowest BCUT2D eigenvalue weighted by molar-refractivity contribution is -0.132. The topological polar surface area (TPSA) is 111 Å². The molecule has 0 aliphatic carbocycles. The average Bonchev–Trinajstić information content (AvgIpc) is 3.74. The minimum Gasteiger partial charge on any atom is -0.507 e. The third kappa shape index (κ3) is 6.22. The van der Waals surface area contributed by atoms with Crippen LogP contribution in [0.1, 0.15) is 42.1 Å². The van der Waals surface area contributed by atoms with Gasteiger partial charge >= 0.3 is 5.91 Å². The number of nitrogens with zero attached hydrogens (tertiary/aromatic N) is 3. The summed E-state index contributed by atoms with van der Waals surface area (Å²) in [4.78, 5) is 28.9. The average molecular weight is 676 g/mol. The van der Waals surface area contributed by atoms with Crippen LogP contribution in [-0.4, -0.2) is 46.3 Å². The number of halogens is 1. The second kappa shape index (κ2) is 13.6. The normalized spacial score (nSPS) is 18.4. The van der Waals surface area contributed by atoms with Gasteiger partial charge in [-0.25, -0.2) is 0 Å². The SMILES string of the molecule is C=CCOc1ccc([C@H]2C(=C(O)c3ccc4c(c3)C[C@@H](C)O4)C(=O)C(=O)N2c2nnc(SCc3ccccc3Cl)s2)cc1OCC. The highest BCUT2D eigenvalue weighted by atomic mass is 35.5. The number of Topliss-reactive ketones (excluding diaryl/α,β-unsaturated/α-hetero) is 1. The molecule has 1 amide bonds. The molecule has 12 heteroatoms. The van der Waals surface area contributed by atoms with E-state index in [1.165, 1.54) is 28.0 Å². The van der Waals surface area contributed by atoms with Crippen LogP contribution in [0.2, 0.25) is 5.02 Å². The lowest BCUT2D eigenvalue weighted by Crippen LogP contribution is -2.29. The van der Waals surface area contributed by atoms with Gasteiger partial charge in [-0.05, 0) is 66.9 Å². The number of anilines is 1. The number of ketones is 1. The van der Waals surface area contributed by atoms with Crippen LogP contribution in [-0.2, 0) is 21.8 Å². The predicted molar refractivity (Wildman–Crippen MR) is 179 cm³/mol. The van der Waals surface area contributed by atoms with Crippen LogP contribution in [0.25, 0.3) is 5.76 Å². The molecule has 0 spiro atoms. The Morgan fingerprint density at radius 3 is 2.76 bits per heavy atom. The molecule has 2 aliphatic rings. The third-order valence-electron chi connectivity index (χ3n) is 7.46. The number of hydrogen-bond donors (Lipinski definition) is 1. The Labute approximate surface area is 279 Å². The lowest BCUT2D eigenvalue weighted by atomic mass is 9.94. The van der Waals surface area contributed by atoms with Crippen molar-refractivity contribution in [2.24, 2.45) is 0 Å². The standard InChI is InChI=1S/C34H30ClN3O6S2/c1-4-14-43-26-13-10-20(17-27(26)42-5-2)29-28(30(39)21-11-12-25-23(16-21)15-19(3)44-25)31(40)32(41)38(29)33-36-37-34(46-33)45-18-22-8-6-7-9-24(22)35/h4,6-13,16-17,19,29,39H,1,5,14-15,18H2,2-3H3/t19-,29+/m1/s1. The van der Waals surface area contributed by atoms with Crippen molar-refractivity contribution in [3.05, 3.63) is 106 Å². The molecule has 1 fully saturated rings. The Morgan fingerprint density at radius 1 is 1.15 bits per heavy atom. The molecular formula is C34H30ClN3O6S2. The van der Waals surface area contributed by atoms with Crippen molar-refractivity contribution >= 4 is 57.3 Å². The maximum atomic E-state index is 13.8. The summed E-state index contributed by atoms with van der Waals surface area (Å²) in [5.41, 5.74) is 2.70. The fraction of sp³-hybridized carbons (Fsp3) is 0.235. The minimum atomic E-state index is -1.02. The third-order valence-corrected chi connectivity index (χ3v) is 9.94. The molecule has 1 N–H and O–H groups in total. The van der Waals surface area contributed by atoms with Crippen molar-refractivity contribution in [2.75, 3.05) is 18.1 Å². The smallest absolute Gasteiger partial charge is 0.301 e. The molecule has 2 aliphatic heterocycles. The van der Waals surface area contributed by atoms with Gasteiger partial charge in [0.15, 0.2) is 15.8 Å². The van der Waals surface area contributed by atoms with Gasteiger partial charge in [-0.15, -0.1) is 10.2 Å². The van der Waals surface area contributed by atoms with E-state index < -0.39 is 17.7 Å². The highest BCUT2D eigenvalue weighted by molar-refractivity contribution is 8.00. The Bertz CT molecular complexity index is 1860. The monoisotopic (exact) mass is 675 g/mol. The number of rotatable bonds is 11.